The maximum Gasteiger partial charge on any atom is 0.339 e. The summed E-state index contributed by atoms with van der Waals surface area (Å²) in [6.07, 6.45) is 6.48. The van der Waals surface area contributed by atoms with Gasteiger partial charge < -0.3 is 19.2 Å². The molecule has 31 heavy (non-hydrogen) atoms. The van der Waals surface area contributed by atoms with Gasteiger partial charge in [-0.3, -0.25) is 4.79 Å². The van der Waals surface area contributed by atoms with Gasteiger partial charge in [0.15, 0.2) is 6.10 Å². The van der Waals surface area contributed by atoms with Gasteiger partial charge >= 0.3 is 5.63 Å². The molecule has 6 heteroatoms. The minimum absolute atomic E-state index is 0.0451. The zero-order valence-electron chi connectivity index (χ0n) is 18.4. The number of rotatable bonds is 3. The molecule has 2 fully saturated rings. The molecule has 1 aromatic heterocycles. The predicted octanol–water partition coefficient (Wildman–Crippen LogP) is 3.51. The van der Waals surface area contributed by atoms with Crippen molar-refractivity contribution in [2.24, 2.45) is 5.92 Å². The Morgan fingerprint density at radius 2 is 2.03 bits per heavy atom. The molecule has 5 rings (SSSR count). The van der Waals surface area contributed by atoms with E-state index in [9.17, 15) is 14.7 Å². The minimum Gasteiger partial charge on any atom is -0.480 e. The lowest BCUT2D eigenvalue weighted by atomic mass is 9.71. The van der Waals surface area contributed by atoms with Crippen molar-refractivity contribution >= 4 is 16.9 Å². The van der Waals surface area contributed by atoms with Crippen LogP contribution in [0.1, 0.15) is 62.1 Å². The first kappa shape index (κ1) is 20.6. The molecule has 0 unspecified atom stereocenters. The number of ether oxygens (including phenoxy) is 1. The van der Waals surface area contributed by atoms with E-state index in [0.717, 1.165) is 67.0 Å². The number of benzene rings is 1. The fourth-order valence-electron chi connectivity index (χ4n) is 5.87. The molecular formula is C25H31NO5. The van der Waals surface area contributed by atoms with E-state index in [4.69, 9.17) is 9.15 Å². The SMILES string of the molecule is Cc1cc(O[C@H](C)C(=O)N2CC[C@]3(O)CCCC[C@H]3C2)c2c3c(c(=O)oc2c1)CCC3. The average Bonchev–Trinajstić information content (AvgIpc) is 3.22. The van der Waals surface area contributed by atoms with Crippen LogP contribution in [0.2, 0.25) is 0 Å². The molecule has 1 aromatic carbocycles. The highest BCUT2D eigenvalue weighted by Gasteiger charge is 2.44. The van der Waals surface area contributed by atoms with Crippen LogP contribution in [-0.2, 0) is 17.6 Å². The number of likely N-dealkylation sites (tertiary alicyclic amines) is 1. The number of amides is 1. The smallest absolute Gasteiger partial charge is 0.339 e. The molecule has 2 aliphatic carbocycles. The summed E-state index contributed by atoms with van der Waals surface area (Å²) < 4.78 is 11.8. The van der Waals surface area contributed by atoms with E-state index >= 15 is 0 Å². The first-order valence-electron chi connectivity index (χ1n) is 11.6. The summed E-state index contributed by atoms with van der Waals surface area (Å²) in [4.78, 5) is 27.4. The molecule has 1 saturated carbocycles. The van der Waals surface area contributed by atoms with Crippen molar-refractivity contribution in [1.82, 2.24) is 4.90 Å². The van der Waals surface area contributed by atoms with E-state index in [1.165, 1.54) is 0 Å². The second-order valence-electron chi connectivity index (χ2n) is 9.68. The zero-order valence-corrected chi connectivity index (χ0v) is 18.4. The van der Waals surface area contributed by atoms with E-state index in [0.29, 0.717) is 30.8 Å². The molecule has 1 saturated heterocycles. The van der Waals surface area contributed by atoms with E-state index in [2.05, 4.69) is 0 Å². The normalized spacial score (nSPS) is 26.4. The zero-order chi connectivity index (χ0) is 21.8. The Kier molecular flexibility index (Phi) is 5.08. The molecular weight excluding hydrogens is 394 g/mol. The Morgan fingerprint density at radius 3 is 2.87 bits per heavy atom. The summed E-state index contributed by atoms with van der Waals surface area (Å²) in [5, 5.41) is 11.8. The topological polar surface area (TPSA) is 80.0 Å². The second-order valence-corrected chi connectivity index (χ2v) is 9.68. The van der Waals surface area contributed by atoms with Crippen molar-refractivity contribution in [3.8, 4) is 5.75 Å². The van der Waals surface area contributed by atoms with Crippen LogP contribution in [0.3, 0.4) is 0 Å². The lowest BCUT2D eigenvalue weighted by Gasteiger charge is -2.47. The summed E-state index contributed by atoms with van der Waals surface area (Å²) in [6.45, 7) is 4.89. The van der Waals surface area contributed by atoms with Gasteiger partial charge in [0.25, 0.3) is 5.91 Å². The Balaban J connectivity index is 1.40. The van der Waals surface area contributed by atoms with Crippen LogP contribution in [0.25, 0.3) is 11.0 Å². The molecule has 0 spiro atoms. The number of aliphatic hydroxyl groups is 1. The van der Waals surface area contributed by atoms with Crippen LogP contribution in [0.15, 0.2) is 21.3 Å². The number of hydrogen-bond acceptors (Lipinski definition) is 5. The van der Waals surface area contributed by atoms with Crippen LogP contribution >= 0.6 is 0 Å². The van der Waals surface area contributed by atoms with Gasteiger partial charge in [-0.25, -0.2) is 4.79 Å². The van der Waals surface area contributed by atoms with Crippen molar-refractivity contribution in [3.05, 3.63) is 39.2 Å². The quantitative estimate of drug-likeness (QED) is 0.762. The monoisotopic (exact) mass is 425 g/mol. The molecule has 1 N–H and O–H groups in total. The third kappa shape index (κ3) is 3.55. The van der Waals surface area contributed by atoms with Crippen molar-refractivity contribution in [2.75, 3.05) is 13.1 Å². The van der Waals surface area contributed by atoms with Crippen LogP contribution < -0.4 is 10.4 Å². The number of nitrogens with zero attached hydrogens (tertiary/aromatic N) is 1. The molecule has 1 amide bonds. The summed E-state index contributed by atoms with van der Waals surface area (Å²) >= 11 is 0. The minimum atomic E-state index is -0.649. The van der Waals surface area contributed by atoms with E-state index < -0.39 is 11.7 Å². The van der Waals surface area contributed by atoms with Crippen molar-refractivity contribution < 1.29 is 19.1 Å². The lowest BCUT2D eigenvalue weighted by molar-refractivity contribution is -0.149. The molecule has 1 aliphatic heterocycles. The Bertz CT molecular complexity index is 1090. The summed E-state index contributed by atoms with van der Waals surface area (Å²) in [7, 11) is 0. The number of piperidine rings is 1. The number of aryl methyl sites for hydroxylation is 2. The van der Waals surface area contributed by atoms with Gasteiger partial charge in [0, 0.05) is 24.6 Å². The van der Waals surface area contributed by atoms with Gasteiger partial charge in [0.1, 0.15) is 11.3 Å². The maximum atomic E-state index is 13.2. The van der Waals surface area contributed by atoms with E-state index in [-0.39, 0.29) is 17.5 Å². The first-order chi connectivity index (χ1) is 14.9. The van der Waals surface area contributed by atoms with Crippen molar-refractivity contribution in [1.29, 1.82) is 0 Å². The number of hydrogen-bond donors (Lipinski definition) is 1. The predicted molar refractivity (Wildman–Crippen MR) is 117 cm³/mol. The highest BCUT2D eigenvalue weighted by Crippen LogP contribution is 2.40. The highest BCUT2D eigenvalue weighted by molar-refractivity contribution is 5.89. The van der Waals surface area contributed by atoms with Crippen molar-refractivity contribution in [2.45, 2.75) is 76.9 Å². The fraction of sp³-hybridized carbons (Fsp3) is 0.600. The van der Waals surface area contributed by atoms with E-state index in [1.807, 2.05) is 24.0 Å². The van der Waals surface area contributed by atoms with Gasteiger partial charge in [0.05, 0.1) is 11.0 Å². The van der Waals surface area contributed by atoms with Gasteiger partial charge in [-0.15, -0.1) is 0 Å². The molecule has 0 bridgehead atoms. The number of carbonyl (C=O) groups excluding carboxylic acids is 1. The number of carbonyl (C=O) groups is 1. The van der Waals surface area contributed by atoms with Gasteiger partial charge in [-0.2, -0.15) is 0 Å². The molecule has 166 valence electrons. The standard InChI is InChI=1S/C25H31NO5/c1-15-12-20(22-18-7-5-8-19(18)24(28)31-21(22)13-15)30-16(2)23(27)26-11-10-25(29)9-4-3-6-17(25)14-26/h12-13,16-17,29H,3-11,14H2,1-2H3/t16-,17+,25-/m1/s1. The average molecular weight is 426 g/mol. The Hall–Kier alpha value is -2.34. The number of fused-ring (bicyclic) bond motifs is 4. The van der Waals surface area contributed by atoms with Crippen LogP contribution in [0.4, 0.5) is 0 Å². The largest absolute Gasteiger partial charge is 0.480 e. The van der Waals surface area contributed by atoms with Gasteiger partial charge in [-0.05, 0) is 75.6 Å². The van der Waals surface area contributed by atoms with Gasteiger partial charge in [0.2, 0.25) is 0 Å². The van der Waals surface area contributed by atoms with Crippen LogP contribution in [-0.4, -0.2) is 40.7 Å². The summed E-state index contributed by atoms with van der Waals surface area (Å²) in [6, 6.07) is 3.80. The molecule has 6 nitrogen and oxygen atoms in total. The maximum absolute atomic E-state index is 13.2. The molecule has 0 radical (unpaired) electrons. The molecule has 3 aliphatic rings. The third-order valence-corrected chi connectivity index (χ3v) is 7.57. The lowest BCUT2D eigenvalue weighted by Crippen LogP contribution is -2.56. The molecule has 2 heterocycles. The summed E-state index contributed by atoms with van der Waals surface area (Å²) in [5.74, 6) is 0.726. The molecule has 2 aromatic rings. The third-order valence-electron chi connectivity index (χ3n) is 7.57. The second kappa shape index (κ2) is 7.66. The van der Waals surface area contributed by atoms with Crippen LogP contribution in [0, 0.1) is 12.8 Å². The Labute approximate surface area is 182 Å². The Morgan fingerprint density at radius 1 is 1.23 bits per heavy atom. The van der Waals surface area contributed by atoms with Crippen molar-refractivity contribution in [3.63, 3.8) is 0 Å². The molecule has 3 atom stereocenters. The fourth-order valence-corrected chi connectivity index (χ4v) is 5.87. The van der Waals surface area contributed by atoms with E-state index in [1.54, 1.807) is 6.92 Å². The summed E-state index contributed by atoms with van der Waals surface area (Å²) in [5.41, 5.74) is 2.34. The first-order valence-corrected chi connectivity index (χ1v) is 11.6. The highest BCUT2D eigenvalue weighted by atomic mass is 16.5. The van der Waals surface area contributed by atoms with Gasteiger partial charge in [-0.1, -0.05) is 12.8 Å². The van der Waals surface area contributed by atoms with Crippen LogP contribution in [0.5, 0.6) is 5.75 Å².